The Kier molecular flexibility index (Phi) is 3.10. The van der Waals surface area contributed by atoms with Crippen molar-refractivity contribution in [2.75, 3.05) is 0 Å². The summed E-state index contributed by atoms with van der Waals surface area (Å²) in [6.07, 6.45) is 1.36. The van der Waals surface area contributed by atoms with Gasteiger partial charge in [-0.05, 0) is 24.6 Å². The van der Waals surface area contributed by atoms with Gasteiger partial charge < -0.3 is 9.15 Å². The molecule has 0 atom stereocenters. The molecule has 16 heavy (non-hydrogen) atoms. The lowest BCUT2D eigenvalue weighted by atomic mass is 10.2. The fourth-order valence-electron chi connectivity index (χ4n) is 1.18. The Balaban J connectivity index is 2.22. The summed E-state index contributed by atoms with van der Waals surface area (Å²) in [5, 5.41) is 0. The number of nitrogens with zero attached hydrogens (tertiary/aromatic N) is 1. The average molecular weight is 242 g/mol. The third kappa shape index (κ3) is 2.33. The van der Waals surface area contributed by atoms with Gasteiger partial charge in [-0.15, -0.1) is 11.6 Å². The minimum absolute atomic E-state index is 0.0137. The number of halogens is 2. The predicted octanol–water partition coefficient (Wildman–Crippen LogP) is 3.65. The van der Waals surface area contributed by atoms with Crippen LogP contribution in [0.1, 0.15) is 11.3 Å². The van der Waals surface area contributed by atoms with Crippen LogP contribution in [0, 0.1) is 12.7 Å². The van der Waals surface area contributed by atoms with Gasteiger partial charge in [-0.3, -0.25) is 0 Å². The minimum atomic E-state index is -0.462. The molecular formula is C11H9ClFNO2. The van der Waals surface area contributed by atoms with Gasteiger partial charge in [0.15, 0.2) is 11.6 Å². The summed E-state index contributed by atoms with van der Waals surface area (Å²) in [5.74, 6) is -0.150. The quantitative estimate of drug-likeness (QED) is 0.770. The largest absolute Gasteiger partial charge is 0.417 e. The normalized spacial score (nSPS) is 10.4. The van der Waals surface area contributed by atoms with Gasteiger partial charge in [-0.1, -0.05) is 6.07 Å². The Morgan fingerprint density at radius 3 is 3.00 bits per heavy atom. The maximum Gasteiger partial charge on any atom is 0.399 e. The molecule has 0 N–H and O–H groups in total. The first kappa shape index (κ1) is 11.0. The van der Waals surface area contributed by atoms with E-state index in [0.717, 1.165) is 5.56 Å². The van der Waals surface area contributed by atoms with Crippen LogP contribution in [-0.4, -0.2) is 4.98 Å². The lowest BCUT2D eigenvalue weighted by Crippen LogP contribution is -1.89. The third-order valence-electron chi connectivity index (χ3n) is 1.95. The van der Waals surface area contributed by atoms with Gasteiger partial charge in [0.2, 0.25) is 0 Å². The second-order valence-electron chi connectivity index (χ2n) is 3.27. The predicted molar refractivity (Wildman–Crippen MR) is 57.3 cm³/mol. The summed E-state index contributed by atoms with van der Waals surface area (Å²) in [6.45, 7) is 1.84. The van der Waals surface area contributed by atoms with E-state index < -0.39 is 5.82 Å². The van der Waals surface area contributed by atoms with Crippen molar-refractivity contribution in [1.29, 1.82) is 0 Å². The molecule has 2 aromatic rings. The molecule has 5 heteroatoms. The number of aromatic nitrogens is 1. The van der Waals surface area contributed by atoms with Crippen molar-refractivity contribution in [3.05, 3.63) is 41.5 Å². The van der Waals surface area contributed by atoms with E-state index >= 15 is 0 Å². The topological polar surface area (TPSA) is 35.3 Å². The van der Waals surface area contributed by atoms with Crippen LogP contribution in [0.4, 0.5) is 4.39 Å². The molecule has 0 aliphatic rings. The van der Waals surface area contributed by atoms with Crippen molar-refractivity contribution in [1.82, 2.24) is 4.98 Å². The number of benzene rings is 1. The Hall–Kier alpha value is -1.55. The molecule has 1 heterocycles. The highest BCUT2D eigenvalue weighted by atomic mass is 35.5. The van der Waals surface area contributed by atoms with Gasteiger partial charge >= 0.3 is 6.08 Å². The summed E-state index contributed by atoms with van der Waals surface area (Å²) in [7, 11) is 0. The maximum absolute atomic E-state index is 13.3. The monoisotopic (exact) mass is 241 g/mol. The third-order valence-corrected chi connectivity index (χ3v) is 2.23. The van der Waals surface area contributed by atoms with Crippen LogP contribution < -0.4 is 4.74 Å². The molecule has 0 radical (unpaired) electrons. The van der Waals surface area contributed by atoms with Crippen LogP contribution in [0.5, 0.6) is 11.8 Å². The second-order valence-corrected chi connectivity index (χ2v) is 3.54. The SMILES string of the molecule is Cc1ccc(F)c(Oc2nc(CCl)co2)c1. The fourth-order valence-corrected chi connectivity index (χ4v) is 1.30. The average Bonchev–Trinajstić information content (AvgIpc) is 2.71. The van der Waals surface area contributed by atoms with Crippen molar-refractivity contribution in [3.63, 3.8) is 0 Å². The number of oxazole rings is 1. The molecule has 0 spiro atoms. The second kappa shape index (κ2) is 4.53. The van der Waals surface area contributed by atoms with Crippen LogP contribution in [0.15, 0.2) is 28.9 Å². The van der Waals surface area contributed by atoms with Gasteiger partial charge in [0.1, 0.15) is 6.26 Å². The summed E-state index contributed by atoms with van der Waals surface area (Å²) >= 11 is 5.55. The maximum atomic E-state index is 13.3. The van der Waals surface area contributed by atoms with Crippen molar-refractivity contribution in [2.45, 2.75) is 12.8 Å². The zero-order valence-corrected chi connectivity index (χ0v) is 9.29. The van der Waals surface area contributed by atoms with Gasteiger partial charge in [-0.25, -0.2) is 4.39 Å². The van der Waals surface area contributed by atoms with E-state index in [0.29, 0.717) is 5.69 Å². The first-order valence-corrected chi connectivity index (χ1v) is 5.17. The van der Waals surface area contributed by atoms with E-state index in [1.165, 1.54) is 12.3 Å². The van der Waals surface area contributed by atoms with Gasteiger partial charge in [0.25, 0.3) is 0 Å². The summed E-state index contributed by atoms with van der Waals surface area (Å²) in [4.78, 5) is 3.91. The standard InChI is InChI=1S/C11H9ClFNO2/c1-7-2-3-9(13)10(4-7)16-11-14-8(5-12)6-15-11/h2-4,6H,5H2,1H3. The zero-order valence-electron chi connectivity index (χ0n) is 8.54. The van der Waals surface area contributed by atoms with Gasteiger partial charge in [0.05, 0.1) is 11.6 Å². The van der Waals surface area contributed by atoms with Crippen molar-refractivity contribution >= 4 is 11.6 Å². The molecule has 1 aromatic heterocycles. The van der Waals surface area contributed by atoms with Crippen molar-refractivity contribution in [3.8, 4) is 11.8 Å². The number of hydrogen-bond donors (Lipinski definition) is 0. The molecule has 0 saturated heterocycles. The Morgan fingerprint density at radius 2 is 2.31 bits per heavy atom. The van der Waals surface area contributed by atoms with Crippen LogP contribution in [0.2, 0.25) is 0 Å². The van der Waals surface area contributed by atoms with E-state index in [9.17, 15) is 4.39 Å². The zero-order chi connectivity index (χ0) is 11.5. The Morgan fingerprint density at radius 1 is 1.50 bits per heavy atom. The van der Waals surface area contributed by atoms with E-state index in [-0.39, 0.29) is 17.7 Å². The lowest BCUT2D eigenvalue weighted by molar-refractivity contribution is 0.318. The number of hydrogen-bond acceptors (Lipinski definition) is 3. The number of aryl methyl sites for hydroxylation is 1. The summed E-state index contributed by atoms with van der Waals surface area (Å²) in [6, 6.07) is 4.55. The highest BCUT2D eigenvalue weighted by molar-refractivity contribution is 6.16. The molecule has 0 fully saturated rings. The van der Waals surface area contributed by atoms with Crippen LogP contribution >= 0.6 is 11.6 Å². The van der Waals surface area contributed by atoms with Crippen molar-refractivity contribution < 1.29 is 13.5 Å². The molecule has 2 rings (SSSR count). The van der Waals surface area contributed by atoms with Crippen LogP contribution in [0.25, 0.3) is 0 Å². The summed E-state index contributed by atoms with van der Waals surface area (Å²) in [5.41, 5.74) is 1.44. The number of ether oxygens (including phenoxy) is 1. The van der Waals surface area contributed by atoms with E-state index in [1.54, 1.807) is 12.1 Å². The molecule has 3 nitrogen and oxygen atoms in total. The molecular weight excluding hydrogens is 233 g/mol. The molecule has 1 aromatic carbocycles. The van der Waals surface area contributed by atoms with E-state index in [2.05, 4.69) is 4.98 Å². The minimum Gasteiger partial charge on any atom is -0.417 e. The van der Waals surface area contributed by atoms with E-state index in [1.807, 2.05) is 6.92 Å². The van der Waals surface area contributed by atoms with Crippen LogP contribution in [-0.2, 0) is 5.88 Å². The fraction of sp³-hybridized carbons (Fsp3) is 0.182. The highest BCUT2D eigenvalue weighted by Crippen LogP contribution is 2.25. The Labute approximate surface area is 96.8 Å². The molecule has 0 amide bonds. The Bertz CT molecular complexity index is 498. The molecule has 0 aliphatic carbocycles. The van der Waals surface area contributed by atoms with Gasteiger partial charge in [-0.2, -0.15) is 4.98 Å². The summed E-state index contributed by atoms with van der Waals surface area (Å²) < 4.78 is 23.5. The van der Waals surface area contributed by atoms with Crippen molar-refractivity contribution in [2.24, 2.45) is 0 Å². The number of alkyl halides is 1. The van der Waals surface area contributed by atoms with Crippen LogP contribution in [0.3, 0.4) is 0 Å². The molecule has 0 bridgehead atoms. The number of rotatable bonds is 3. The lowest BCUT2D eigenvalue weighted by Gasteiger charge is -2.02. The van der Waals surface area contributed by atoms with Gasteiger partial charge in [0, 0.05) is 0 Å². The molecule has 84 valence electrons. The molecule has 0 aliphatic heterocycles. The first-order chi connectivity index (χ1) is 7.69. The highest BCUT2D eigenvalue weighted by Gasteiger charge is 2.09. The smallest absolute Gasteiger partial charge is 0.399 e. The first-order valence-electron chi connectivity index (χ1n) is 4.63. The van der Waals surface area contributed by atoms with E-state index in [4.69, 9.17) is 20.8 Å². The molecule has 0 saturated carbocycles. The molecule has 0 unspecified atom stereocenters.